The number of ether oxygens (including phenoxy) is 1. The van der Waals surface area contributed by atoms with Gasteiger partial charge < -0.3 is 19.5 Å². The van der Waals surface area contributed by atoms with Crippen molar-refractivity contribution >= 4 is 17.5 Å². The molecule has 0 bridgehead atoms. The highest BCUT2D eigenvalue weighted by molar-refractivity contribution is 5.94. The number of nitrogens with one attached hydrogen (secondary N) is 1. The molecule has 2 amide bonds. The van der Waals surface area contributed by atoms with Crippen molar-refractivity contribution < 1.29 is 14.3 Å². The summed E-state index contributed by atoms with van der Waals surface area (Å²) in [6, 6.07) is 11.5. The third-order valence-electron chi connectivity index (χ3n) is 5.19. The Hall–Kier alpha value is -2.80. The molecule has 28 heavy (non-hydrogen) atoms. The summed E-state index contributed by atoms with van der Waals surface area (Å²) < 4.78 is 7.27. The second kappa shape index (κ2) is 8.93. The van der Waals surface area contributed by atoms with Crippen LogP contribution in [0.2, 0.25) is 0 Å². The molecular formula is C21H28N4O3. The van der Waals surface area contributed by atoms with E-state index in [2.05, 4.69) is 20.9 Å². The fourth-order valence-corrected chi connectivity index (χ4v) is 3.67. The van der Waals surface area contributed by atoms with Gasteiger partial charge in [-0.05, 0) is 43.7 Å². The third kappa shape index (κ3) is 4.72. The average molecular weight is 384 g/mol. The molecule has 7 heteroatoms. The first kappa shape index (κ1) is 19.9. The Morgan fingerprint density at radius 3 is 2.82 bits per heavy atom. The number of carbonyl (C=O) groups is 2. The smallest absolute Gasteiger partial charge is 0.243 e. The van der Waals surface area contributed by atoms with Crippen molar-refractivity contribution in [3.63, 3.8) is 0 Å². The van der Waals surface area contributed by atoms with E-state index >= 15 is 0 Å². The normalized spacial score (nSPS) is 16.8. The second-order valence-electron chi connectivity index (χ2n) is 7.20. The molecule has 1 fully saturated rings. The average Bonchev–Trinajstić information content (AvgIpc) is 3.29. The van der Waals surface area contributed by atoms with E-state index in [9.17, 15) is 9.59 Å². The lowest BCUT2D eigenvalue weighted by atomic mass is 10.1. The van der Waals surface area contributed by atoms with Gasteiger partial charge in [0.15, 0.2) is 0 Å². The van der Waals surface area contributed by atoms with Crippen LogP contribution in [0.5, 0.6) is 5.75 Å². The van der Waals surface area contributed by atoms with Crippen LogP contribution in [-0.4, -0.2) is 60.0 Å². The van der Waals surface area contributed by atoms with Gasteiger partial charge in [0.1, 0.15) is 5.75 Å². The zero-order chi connectivity index (χ0) is 20.1. The van der Waals surface area contributed by atoms with E-state index in [0.29, 0.717) is 18.0 Å². The number of hydrogen-bond acceptors (Lipinski definition) is 4. The highest BCUT2D eigenvalue weighted by atomic mass is 16.5. The van der Waals surface area contributed by atoms with Gasteiger partial charge in [-0.1, -0.05) is 6.07 Å². The first-order valence-corrected chi connectivity index (χ1v) is 9.51. The highest BCUT2D eigenvalue weighted by Gasteiger charge is 2.30. The number of hydrogen-bond donors (Lipinski definition) is 1. The Morgan fingerprint density at radius 2 is 2.11 bits per heavy atom. The van der Waals surface area contributed by atoms with Crippen LogP contribution in [0.4, 0.5) is 5.69 Å². The molecule has 0 radical (unpaired) electrons. The largest absolute Gasteiger partial charge is 0.497 e. The summed E-state index contributed by atoms with van der Waals surface area (Å²) in [5, 5.41) is 2.80. The Morgan fingerprint density at radius 1 is 1.29 bits per heavy atom. The van der Waals surface area contributed by atoms with Crippen LogP contribution >= 0.6 is 0 Å². The topological polar surface area (TPSA) is 66.8 Å². The van der Waals surface area contributed by atoms with Crippen molar-refractivity contribution in [2.24, 2.45) is 7.05 Å². The summed E-state index contributed by atoms with van der Waals surface area (Å²) in [6.45, 7) is 1.23. The number of likely N-dealkylation sites (tertiary alicyclic amines) is 1. The number of aromatic nitrogens is 1. The monoisotopic (exact) mass is 384 g/mol. The Kier molecular flexibility index (Phi) is 6.36. The predicted octanol–water partition coefficient (Wildman–Crippen LogP) is 2.27. The summed E-state index contributed by atoms with van der Waals surface area (Å²) in [4.78, 5) is 28.6. The maximum absolute atomic E-state index is 12.7. The number of amides is 2. The molecule has 2 heterocycles. The van der Waals surface area contributed by atoms with E-state index in [0.717, 1.165) is 19.4 Å². The fraction of sp³-hybridized carbons (Fsp3) is 0.429. The van der Waals surface area contributed by atoms with E-state index in [-0.39, 0.29) is 24.4 Å². The first-order valence-electron chi connectivity index (χ1n) is 9.51. The molecule has 1 aliphatic heterocycles. The van der Waals surface area contributed by atoms with Gasteiger partial charge in [-0.2, -0.15) is 0 Å². The minimum atomic E-state index is -0.232. The lowest BCUT2D eigenvalue weighted by molar-refractivity contribution is -0.134. The van der Waals surface area contributed by atoms with E-state index in [1.54, 1.807) is 32.4 Å². The van der Waals surface area contributed by atoms with Crippen LogP contribution in [0.3, 0.4) is 0 Å². The highest BCUT2D eigenvalue weighted by Crippen LogP contribution is 2.31. The summed E-state index contributed by atoms with van der Waals surface area (Å²) in [5.74, 6) is 0.384. The van der Waals surface area contributed by atoms with Crippen LogP contribution in [0.1, 0.15) is 24.6 Å². The van der Waals surface area contributed by atoms with Crippen molar-refractivity contribution in [3.8, 4) is 5.75 Å². The minimum Gasteiger partial charge on any atom is -0.497 e. The summed E-state index contributed by atoms with van der Waals surface area (Å²) in [7, 11) is 5.28. The number of methoxy groups -OCH3 is 1. The van der Waals surface area contributed by atoms with Gasteiger partial charge in [-0.3, -0.25) is 14.5 Å². The molecule has 7 nitrogen and oxygen atoms in total. The zero-order valence-corrected chi connectivity index (χ0v) is 16.7. The molecule has 0 unspecified atom stereocenters. The van der Waals surface area contributed by atoms with E-state index in [1.165, 1.54) is 10.6 Å². The van der Waals surface area contributed by atoms with Gasteiger partial charge in [-0.15, -0.1) is 0 Å². The van der Waals surface area contributed by atoms with Gasteiger partial charge >= 0.3 is 0 Å². The van der Waals surface area contributed by atoms with Crippen molar-refractivity contribution in [2.45, 2.75) is 18.9 Å². The van der Waals surface area contributed by atoms with Gasteiger partial charge in [0, 0.05) is 37.7 Å². The van der Waals surface area contributed by atoms with Crippen LogP contribution in [0.25, 0.3) is 0 Å². The van der Waals surface area contributed by atoms with Gasteiger partial charge in [0.05, 0.1) is 26.2 Å². The summed E-state index contributed by atoms with van der Waals surface area (Å²) in [5.41, 5.74) is 1.87. The molecule has 1 aromatic heterocycles. The maximum Gasteiger partial charge on any atom is 0.243 e. The number of benzene rings is 1. The molecule has 1 saturated heterocycles. The van der Waals surface area contributed by atoms with Crippen molar-refractivity contribution in [1.29, 1.82) is 0 Å². The molecule has 3 rings (SSSR count). The number of likely N-dealkylation sites (N-methyl/N-ethyl adjacent to an activating group) is 1. The van der Waals surface area contributed by atoms with Crippen LogP contribution < -0.4 is 10.1 Å². The van der Waals surface area contributed by atoms with Crippen LogP contribution in [0.15, 0.2) is 42.6 Å². The quantitative estimate of drug-likeness (QED) is 0.795. The van der Waals surface area contributed by atoms with Crippen LogP contribution in [0, 0.1) is 0 Å². The molecule has 1 aliphatic rings. The van der Waals surface area contributed by atoms with Crippen molar-refractivity contribution in [3.05, 3.63) is 48.3 Å². The van der Waals surface area contributed by atoms with Gasteiger partial charge in [0.2, 0.25) is 11.8 Å². The Labute approximate surface area is 165 Å². The number of rotatable bonds is 7. The number of anilines is 1. The summed E-state index contributed by atoms with van der Waals surface area (Å²) >= 11 is 0. The second-order valence-corrected chi connectivity index (χ2v) is 7.20. The first-order chi connectivity index (χ1) is 13.5. The van der Waals surface area contributed by atoms with E-state index in [1.807, 2.05) is 25.4 Å². The molecule has 150 valence electrons. The molecule has 1 aromatic carbocycles. The standard InChI is InChI=1S/C21H28N4O3/c1-23-11-5-9-18(23)19-10-6-12-25(19)15-21(27)24(2)14-20(26)22-16-7-4-8-17(13-16)28-3/h4-5,7-9,11,13,19H,6,10,12,14-15H2,1-3H3,(H,22,26)/t19-/m1/s1. The Bertz CT molecular complexity index is 833. The van der Waals surface area contributed by atoms with Crippen molar-refractivity contribution in [2.75, 3.05) is 39.1 Å². The molecular weight excluding hydrogens is 356 g/mol. The lowest BCUT2D eigenvalue weighted by Crippen LogP contribution is -2.41. The number of aryl methyl sites for hydroxylation is 1. The fourth-order valence-electron chi connectivity index (χ4n) is 3.67. The number of carbonyl (C=O) groups excluding carboxylic acids is 2. The molecule has 0 saturated carbocycles. The summed E-state index contributed by atoms with van der Waals surface area (Å²) in [6.07, 6.45) is 4.15. The van der Waals surface area contributed by atoms with E-state index in [4.69, 9.17) is 4.74 Å². The van der Waals surface area contributed by atoms with Gasteiger partial charge in [-0.25, -0.2) is 0 Å². The van der Waals surface area contributed by atoms with Crippen LogP contribution in [-0.2, 0) is 16.6 Å². The third-order valence-corrected chi connectivity index (χ3v) is 5.19. The van der Waals surface area contributed by atoms with Gasteiger partial charge in [0.25, 0.3) is 0 Å². The zero-order valence-electron chi connectivity index (χ0n) is 16.7. The lowest BCUT2D eigenvalue weighted by Gasteiger charge is -2.26. The molecule has 0 aliphatic carbocycles. The molecule has 0 spiro atoms. The SMILES string of the molecule is COc1cccc(NC(=O)CN(C)C(=O)CN2CCC[C@@H]2c2cccn2C)c1. The van der Waals surface area contributed by atoms with Crippen molar-refractivity contribution in [1.82, 2.24) is 14.4 Å². The predicted molar refractivity (Wildman–Crippen MR) is 108 cm³/mol. The number of nitrogens with zero attached hydrogens (tertiary/aromatic N) is 3. The molecule has 1 N–H and O–H groups in total. The molecule has 2 aromatic rings. The minimum absolute atomic E-state index is 0.0126. The Balaban J connectivity index is 1.54. The maximum atomic E-state index is 12.7. The molecule has 1 atom stereocenters. The van der Waals surface area contributed by atoms with E-state index < -0.39 is 0 Å².